The Kier molecular flexibility index (Phi) is 5.42. The molecule has 7 nitrogen and oxygen atoms in total. The van der Waals surface area contributed by atoms with E-state index in [2.05, 4.69) is 17.0 Å². The van der Waals surface area contributed by atoms with Gasteiger partial charge in [-0.3, -0.25) is 10.3 Å². The summed E-state index contributed by atoms with van der Waals surface area (Å²) in [4.78, 5) is 2.41. The van der Waals surface area contributed by atoms with Crippen molar-refractivity contribution in [1.29, 1.82) is 5.41 Å². The summed E-state index contributed by atoms with van der Waals surface area (Å²) in [5.74, 6) is 1.00. The number of rotatable bonds is 5. The van der Waals surface area contributed by atoms with E-state index in [0.717, 1.165) is 53.9 Å². The monoisotopic (exact) mass is 469 g/mol. The summed E-state index contributed by atoms with van der Waals surface area (Å²) < 4.78 is 12.2. The number of amidine groups is 1. The second kappa shape index (κ2) is 8.50. The smallest absolute Gasteiger partial charge is 0.488 e. The van der Waals surface area contributed by atoms with Gasteiger partial charge in [0.1, 0.15) is 23.9 Å². The lowest BCUT2D eigenvalue weighted by Crippen LogP contribution is -2.44. The van der Waals surface area contributed by atoms with Gasteiger partial charge >= 0.3 is 7.12 Å². The number of benzene rings is 3. The van der Waals surface area contributed by atoms with Crippen molar-refractivity contribution in [3.05, 3.63) is 83.4 Å². The van der Waals surface area contributed by atoms with E-state index in [9.17, 15) is 10.0 Å². The average Bonchev–Trinajstić information content (AvgIpc) is 3.61. The molecule has 3 aliphatic rings. The Bertz CT molecular complexity index is 1290. The molecule has 2 unspecified atom stereocenters. The number of hydrogen-bond acceptors (Lipinski definition) is 6. The van der Waals surface area contributed by atoms with E-state index >= 15 is 0 Å². The van der Waals surface area contributed by atoms with Crippen LogP contribution in [-0.2, 0) is 10.2 Å². The van der Waals surface area contributed by atoms with Crippen LogP contribution in [0.4, 0.5) is 0 Å². The number of nitrogens with zero attached hydrogens (tertiary/aromatic N) is 1. The molecule has 178 valence electrons. The summed E-state index contributed by atoms with van der Waals surface area (Å²) >= 11 is 0. The lowest BCUT2D eigenvalue weighted by Gasteiger charge is -2.38. The van der Waals surface area contributed by atoms with Crippen LogP contribution in [0.5, 0.6) is 5.75 Å². The Morgan fingerprint density at radius 3 is 2.49 bits per heavy atom. The Morgan fingerprint density at radius 2 is 1.74 bits per heavy atom. The molecule has 3 heterocycles. The SMILES string of the molecule is N=C(N)c1ccc2c(c1)C1(CCN(C3OC3c3cccc(-c4cccc(B(O)O)c4)c3)CC1)CO2. The first-order chi connectivity index (χ1) is 16.9. The van der Waals surface area contributed by atoms with Crippen LogP contribution in [0, 0.1) is 5.41 Å². The Labute approximate surface area is 204 Å². The zero-order chi connectivity index (χ0) is 24.2. The number of nitrogens with two attached hydrogens (primary N) is 1. The highest BCUT2D eigenvalue weighted by atomic mass is 16.6. The molecule has 2 fully saturated rings. The first kappa shape index (κ1) is 22.3. The third-order valence-corrected chi connectivity index (χ3v) is 7.68. The van der Waals surface area contributed by atoms with Gasteiger partial charge < -0.3 is 25.3 Å². The third-order valence-electron chi connectivity index (χ3n) is 7.68. The van der Waals surface area contributed by atoms with Gasteiger partial charge in [0.25, 0.3) is 0 Å². The minimum absolute atomic E-state index is 0.0239. The van der Waals surface area contributed by atoms with Crippen LogP contribution in [-0.4, -0.2) is 53.8 Å². The topological polar surface area (TPSA) is 115 Å². The van der Waals surface area contributed by atoms with E-state index < -0.39 is 7.12 Å². The molecule has 0 radical (unpaired) electrons. The zero-order valence-corrected chi connectivity index (χ0v) is 19.4. The summed E-state index contributed by atoms with van der Waals surface area (Å²) in [5.41, 5.74) is 11.2. The van der Waals surface area contributed by atoms with Gasteiger partial charge in [0.05, 0.1) is 6.61 Å². The van der Waals surface area contributed by atoms with Gasteiger partial charge in [-0.25, -0.2) is 0 Å². The van der Waals surface area contributed by atoms with Crippen LogP contribution >= 0.6 is 0 Å². The molecule has 0 aromatic heterocycles. The van der Waals surface area contributed by atoms with E-state index in [0.29, 0.717) is 12.1 Å². The van der Waals surface area contributed by atoms with Gasteiger partial charge in [0.2, 0.25) is 0 Å². The van der Waals surface area contributed by atoms with Gasteiger partial charge in [0, 0.05) is 29.6 Å². The van der Waals surface area contributed by atoms with Crippen LogP contribution in [0.15, 0.2) is 66.7 Å². The van der Waals surface area contributed by atoms with E-state index in [1.807, 2.05) is 42.5 Å². The molecular formula is C27H28BN3O4. The van der Waals surface area contributed by atoms with Crippen molar-refractivity contribution in [3.8, 4) is 16.9 Å². The molecule has 6 rings (SSSR count). The van der Waals surface area contributed by atoms with Crippen molar-refractivity contribution in [2.24, 2.45) is 5.73 Å². The fourth-order valence-electron chi connectivity index (χ4n) is 5.55. The second-order valence-electron chi connectivity index (χ2n) is 9.80. The standard InChI is InChI=1S/C27H28BN3O4/c29-25(30)20-7-8-23-22(15-20)27(16-34-23)9-11-31(12-10-27)26-24(35-26)19-5-1-3-17(13-19)18-4-2-6-21(14-18)28(32)33/h1-8,13-15,24,26,32-33H,9-12,16H2,(H3,29,30). The molecule has 2 saturated heterocycles. The molecule has 0 saturated carbocycles. The maximum atomic E-state index is 9.50. The van der Waals surface area contributed by atoms with Crippen molar-refractivity contribution in [2.45, 2.75) is 30.6 Å². The van der Waals surface area contributed by atoms with Crippen molar-refractivity contribution in [2.75, 3.05) is 19.7 Å². The molecule has 2 atom stereocenters. The fraction of sp³-hybridized carbons (Fsp3) is 0.296. The van der Waals surface area contributed by atoms with Crippen LogP contribution in [0.3, 0.4) is 0 Å². The first-order valence-corrected chi connectivity index (χ1v) is 12.0. The number of epoxide rings is 1. The van der Waals surface area contributed by atoms with Crippen LogP contribution in [0.25, 0.3) is 11.1 Å². The number of fused-ring (bicyclic) bond motifs is 2. The molecular weight excluding hydrogens is 441 g/mol. The predicted molar refractivity (Wildman–Crippen MR) is 135 cm³/mol. The number of likely N-dealkylation sites (tertiary alicyclic amines) is 1. The summed E-state index contributed by atoms with van der Waals surface area (Å²) in [6.07, 6.45) is 2.06. The summed E-state index contributed by atoms with van der Waals surface area (Å²) in [6.45, 7) is 2.52. The molecule has 0 bridgehead atoms. The molecule has 0 amide bonds. The van der Waals surface area contributed by atoms with Crippen LogP contribution in [0.1, 0.15) is 35.6 Å². The minimum atomic E-state index is -1.48. The van der Waals surface area contributed by atoms with Gasteiger partial charge in [-0.15, -0.1) is 0 Å². The fourth-order valence-corrected chi connectivity index (χ4v) is 5.55. The molecule has 35 heavy (non-hydrogen) atoms. The minimum Gasteiger partial charge on any atom is -0.492 e. The molecule has 3 aliphatic heterocycles. The number of ether oxygens (including phenoxy) is 2. The van der Waals surface area contributed by atoms with E-state index in [1.54, 1.807) is 12.1 Å². The lowest BCUT2D eigenvalue weighted by molar-refractivity contribution is 0.0952. The molecule has 1 spiro atoms. The molecule has 5 N–H and O–H groups in total. The van der Waals surface area contributed by atoms with E-state index in [1.165, 1.54) is 5.56 Å². The maximum absolute atomic E-state index is 9.50. The summed E-state index contributed by atoms with van der Waals surface area (Å²) in [5, 5.41) is 26.8. The van der Waals surface area contributed by atoms with Gasteiger partial charge in [0.15, 0.2) is 0 Å². The lowest BCUT2D eigenvalue weighted by atomic mass is 9.74. The quantitative estimate of drug-likeness (QED) is 0.197. The second-order valence-corrected chi connectivity index (χ2v) is 9.80. The Hall–Kier alpha value is -3.17. The number of hydrogen-bond donors (Lipinski definition) is 4. The number of piperidine rings is 1. The highest BCUT2D eigenvalue weighted by Gasteiger charge is 2.50. The van der Waals surface area contributed by atoms with Crippen molar-refractivity contribution >= 4 is 18.4 Å². The predicted octanol–water partition coefficient (Wildman–Crippen LogP) is 2.14. The van der Waals surface area contributed by atoms with E-state index in [4.69, 9.17) is 20.6 Å². The van der Waals surface area contributed by atoms with Gasteiger partial charge in [-0.1, -0.05) is 42.5 Å². The van der Waals surface area contributed by atoms with Gasteiger partial charge in [-0.05, 0) is 59.3 Å². The Morgan fingerprint density at radius 1 is 1.00 bits per heavy atom. The Balaban J connectivity index is 1.14. The van der Waals surface area contributed by atoms with Crippen LogP contribution < -0.4 is 15.9 Å². The average molecular weight is 469 g/mol. The largest absolute Gasteiger partial charge is 0.492 e. The zero-order valence-electron chi connectivity index (χ0n) is 19.4. The van der Waals surface area contributed by atoms with E-state index in [-0.39, 0.29) is 23.6 Å². The molecule has 3 aromatic carbocycles. The first-order valence-electron chi connectivity index (χ1n) is 12.0. The molecule has 3 aromatic rings. The van der Waals surface area contributed by atoms with Crippen LogP contribution in [0.2, 0.25) is 0 Å². The van der Waals surface area contributed by atoms with Crippen molar-refractivity contribution in [1.82, 2.24) is 4.90 Å². The molecule has 8 heteroatoms. The third kappa shape index (κ3) is 4.02. The number of nitrogens with one attached hydrogen (secondary N) is 1. The van der Waals surface area contributed by atoms with Gasteiger partial charge in [-0.2, -0.15) is 0 Å². The highest BCUT2D eigenvalue weighted by molar-refractivity contribution is 6.58. The number of nitrogen functional groups attached to an aromatic ring is 1. The van der Waals surface area contributed by atoms with Crippen molar-refractivity contribution < 1.29 is 19.5 Å². The summed E-state index contributed by atoms with van der Waals surface area (Å²) in [6, 6.07) is 21.4. The normalized spacial score (nSPS) is 22.5. The molecule has 0 aliphatic carbocycles. The maximum Gasteiger partial charge on any atom is 0.488 e. The van der Waals surface area contributed by atoms with Crippen molar-refractivity contribution in [3.63, 3.8) is 0 Å². The highest BCUT2D eigenvalue weighted by Crippen LogP contribution is 2.49. The summed E-state index contributed by atoms with van der Waals surface area (Å²) in [7, 11) is -1.48.